The predicted molar refractivity (Wildman–Crippen MR) is 132 cm³/mol. The van der Waals surface area contributed by atoms with Gasteiger partial charge in [0.2, 0.25) is 15.2 Å². The van der Waals surface area contributed by atoms with Gasteiger partial charge in [0.25, 0.3) is 5.91 Å². The van der Waals surface area contributed by atoms with Crippen molar-refractivity contribution in [3.8, 4) is 0 Å². The van der Waals surface area contributed by atoms with Crippen molar-refractivity contribution in [2.24, 2.45) is 0 Å². The Hall–Kier alpha value is -2.27. The van der Waals surface area contributed by atoms with Crippen LogP contribution in [0, 0.1) is 6.92 Å². The van der Waals surface area contributed by atoms with Crippen LogP contribution in [-0.2, 0) is 15.8 Å². The highest BCUT2D eigenvalue weighted by atomic mass is 32.2. The molecule has 2 aromatic carbocycles. The normalized spacial score (nSPS) is 15.2. The summed E-state index contributed by atoms with van der Waals surface area (Å²) in [5, 5.41) is 11.3. The summed E-state index contributed by atoms with van der Waals surface area (Å²) in [4.78, 5) is 13.0. The molecule has 0 radical (unpaired) electrons. The van der Waals surface area contributed by atoms with Crippen LogP contribution in [0.1, 0.15) is 47.2 Å². The van der Waals surface area contributed by atoms with Gasteiger partial charge in [-0.2, -0.15) is 4.31 Å². The smallest absolute Gasteiger partial charge is 0.257 e. The first-order valence-electron chi connectivity index (χ1n) is 10.9. The molecule has 0 atom stereocenters. The van der Waals surface area contributed by atoms with E-state index in [1.165, 1.54) is 23.0 Å². The van der Waals surface area contributed by atoms with Gasteiger partial charge in [-0.05, 0) is 43.0 Å². The number of carbonyl (C=O) groups is 1. The van der Waals surface area contributed by atoms with Crippen molar-refractivity contribution in [3.05, 3.63) is 65.2 Å². The molecule has 1 N–H and O–H groups in total. The molecule has 0 aliphatic carbocycles. The van der Waals surface area contributed by atoms with Crippen LogP contribution >= 0.6 is 23.1 Å². The van der Waals surface area contributed by atoms with Gasteiger partial charge in [0, 0.05) is 24.4 Å². The zero-order chi connectivity index (χ0) is 23.3. The molecular formula is C23H26N4O3S3. The van der Waals surface area contributed by atoms with Gasteiger partial charge in [0.1, 0.15) is 0 Å². The van der Waals surface area contributed by atoms with Crippen molar-refractivity contribution < 1.29 is 13.2 Å². The molecule has 1 amide bonds. The first kappa shape index (κ1) is 23.9. The Kier molecular flexibility index (Phi) is 7.79. The molecule has 1 saturated heterocycles. The molecule has 0 spiro atoms. The zero-order valence-electron chi connectivity index (χ0n) is 18.4. The second-order valence-electron chi connectivity index (χ2n) is 7.90. The van der Waals surface area contributed by atoms with Crippen molar-refractivity contribution in [1.29, 1.82) is 0 Å². The molecule has 4 rings (SSSR count). The van der Waals surface area contributed by atoms with E-state index in [1.54, 1.807) is 35.1 Å². The topological polar surface area (TPSA) is 92.3 Å². The van der Waals surface area contributed by atoms with E-state index in [-0.39, 0.29) is 10.5 Å². The number of hydrogen-bond acceptors (Lipinski definition) is 7. The Bertz CT molecular complexity index is 1200. The highest BCUT2D eigenvalue weighted by molar-refractivity contribution is 8.00. The molecule has 0 bridgehead atoms. The van der Waals surface area contributed by atoms with E-state index in [0.29, 0.717) is 23.8 Å². The lowest BCUT2D eigenvalue weighted by Crippen LogP contribution is -2.32. The highest BCUT2D eigenvalue weighted by Gasteiger charge is 2.27. The molecule has 1 aromatic heterocycles. The van der Waals surface area contributed by atoms with Crippen LogP contribution < -0.4 is 5.32 Å². The molecule has 0 saturated carbocycles. The molecule has 33 heavy (non-hydrogen) atoms. The summed E-state index contributed by atoms with van der Waals surface area (Å²) in [6, 6.07) is 14.8. The predicted octanol–water partition coefficient (Wildman–Crippen LogP) is 4.96. The Morgan fingerprint density at radius 2 is 1.79 bits per heavy atom. The van der Waals surface area contributed by atoms with Crippen molar-refractivity contribution in [2.45, 2.75) is 47.6 Å². The third kappa shape index (κ3) is 6.00. The van der Waals surface area contributed by atoms with Gasteiger partial charge >= 0.3 is 0 Å². The standard InChI is InChI=1S/C23H26N4O3S3/c1-17-11-12-19(15-20(17)33(29,30)27-13-7-2-3-8-14-27)21(28)24-22-25-26-23(32-22)31-16-18-9-5-4-6-10-18/h4-6,9-12,15H,2-3,7-8,13-14,16H2,1H3,(H,24,25,28). The van der Waals surface area contributed by atoms with Crippen LogP contribution in [0.15, 0.2) is 57.8 Å². The van der Waals surface area contributed by atoms with Crippen LogP contribution in [-0.4, -0.2) is 41.9 Å². The van der Waals surface area contributed by atoms with E-state index in [9.17, 15) is 13.2 Å². The van der Waals surface area contributed by atoms with E-state index in [1.807, 2.05) is 30.3 Å². The van der Waals surface area contributed by atoms with Crippen LogP contribution in [0.5, 0.6) is 0 Å². The first-order valence-corrected chi connectivity index (χ1v) is 14.1. The number of benzene rings is 2. The molecular weight excluding hydrogens is 476 g/mol. The maximum atomic E-state index is 13.3. The van der Waals surface area contributed by atoms with E-state index >= 15 is 0 Å². The number of rotatable bonds is 7. The van der Waals surface area contributed by atoms with Crippen molar-refractivity contribution in [3.63, 3.8) is 0 Å². The number of amides is 1. The second kappa shape index (κ2) is 10.8. The molecule has 174 valence electrons. The summed E-state index contributed by atoms with van der Waals surface area (Å²) in [7, 11) is -3.65. The van der Waals surface area contributed by atoms with Crippen LogP contribution in [0.25, 0.3) is 0 Å². The fourth-order valence-electron chi connectivity index (χ4n) is 3.65. The number of nitrogens with zero attached hydrogens (tertiary/aromatic N) is 3. The van der Waals surface area contributed by atoms with Crippen molar-refractivity contribution >= 4 is 44.2 Å². The lowest BCUT2D eigenvalue weighted by molar-refractivity contribution is 0.102. The van der Waals surface area contributed by atoms with Gasteiger partial charge in [0.15, 0.2) is 4.34 Å². The fraction of sp³-hybridized carbons (Fsp3) is 0.348. The molecule has 1 aliphatic rings. The molecule has 2 heterocycles. The number of aryl methyl sites for hydroxylation is 1. The average Bonchev–Trinajstić information content (AvgIpc) is 3.07. The average molecular weight is 503 g/mol. The van der Waals surface area contributed by atoms with Gasteiger partial charge < -0.3 is 0 Å². The van der Waals surface area contributed by atoms with Gasteiger partial charge in [-0.25, -0.2) is 8.42 Å². The molecule has 1 fully saturated rings. The summed E-state index contributed by atoms with van der Waals surface area (Å²) in [6.07, 6.45) is 3.81. The minimum atomic E-state index is -3.65. The van der Waals surface area contributed by atoms with Crippen LogP contribution in [0.4, 0.5) is 5.13 Å². The van der Waals surface area contributed by atoms with Crippen molar-refractivity contribution in [1.82, 2.24) is 14.5 Å². The summed E-state index contributed by atoms with van der Waals surface area (Å²) >= 11 is 2.85. The summed E-state index contributed by atoms with van der Waals surface area (Å²) in [6.45, 7) is 2.80. The number of anilines is 1. The van der Waals surface area contributed by atoms with Crippen molar-refractivity contribution in [2.75, 3.05) is 18.4 Å². The Morgan fingerprint density at radius 1 is 1.06 bits per heavy atom. The van der Waals surface area contributed by atoms with Gasteiger partial charge in [-0.15, -0.1) is 10.2 Å². The first-order chi connectivity index (χ1) is 15.9. The van der Waals surface area contributed by atoms with Crippen LogP contribution in [0.2, 0.25) is 0 Å². The van der Waals surface area contributed by atoms with E-state index in [2.05, 4.69) is 15.5 Å². The summed E-state index contributed by atoms with van der Waals surface area (Å²) in [5.41, 5.74) is 2.09. The number of hydrogen-bond donors (Lipinski definition) is 1. The van der Waals surface area contributed by atoms with Gasteiger partial charge in [-0.1, -0.05) is 72.3 Å². The number of thioether (sulfide) groups is 1. The second-order valence-corrected chi connectivity index (χ2v) is 12.0. The van der Waals surface area contributed by atoms with E-state index in [0.717, 1.165) is 35.8 Å². The number of aromatic nitrogens is 2. The monoisotopic (exact) mass is 502 g/mol. The molecule has 0 unspecified atom stereocenters. The Labute approximate surface area is 202 Å². The van der Waals surface area contributed by atoms with E-state index in [4.69, 9.17) is 0 Å². The lowest BCUT2D eigenvalue weighted by atomic mass is 10.1. The van der Waals surface area contributed by atoms with E-state index < -0.39 is 15.9 Å². The third-order valence-corrected chi connectivity index (χ3v) is 9.55. The minimum absolute atomic E-state index is 0.188. The Balaban J connectivity index is 1.45. The number of nitrogens with one attached hydrogen (secondary N) is 1. The third-order valence-electron chi connectivity index (χ3n) is 5.47. The lowest BCUT2D eigenvalue weighted by Gasteiger charge is -2.21. The molecule has 3 aromatic rings. The number of carbonyl (C=O) groups excluding carboxylic acids is 1. The molecule has 1 aliphatic heterocycles. The summed E-state index contributed by atoms with van der Waals surface area (Å²) < 4.78 is 28.8. The zero-order valence-corrected chi connectivity index (χ0v) is 20.8. The minimum Gasteiger partial charge on any atom is -0.296 e. The molecule has 7 nitrogen and oxygen atoms in total. The maximum absolute atomic E-state index is 13.3. The SMILES string of the molecule is Cc1ccc(C(=O)Nc2nnc(SCc3ccccc3)s2)cc1S(=O)(=O)N1CCCCCC1. The van der Waals surface area contributed by atoms with Crippen LogP contribution in [0.3, 0.4) is 0 Å². The van der Waals surface area contributed by atoms with Gasteiger partial charge in [-0.3, -0.25) is 10.1 Å². The highest BCUT2D eigenvalue weighted by Crippen LogP contribution is 2.29. The fourth-order valence-corrected chi connectivity index (χ4v) is 7.12. The maximum Gasteiger partial charge on any atom is 0.257 e. The quantitative estimate of drug-likeness (QED) is 0.363. The number of sulfonamides is 1. The molecule has 10 heteroatoms. The summed E-state index contributed by atoms with van der Waals surface area (Å²) in [5.74, 6) is 0.358. The Morgan fingerprint density at radius 3 is 2.52 bits per heavy atom. The van der Waals surface area contributed by atoms with Gasteiger partial charge in [0.05, 0.1) is 4.90 Å². The largest absolute Gasteiger partial charge is 0.296 e.